The van der Waals surface area contributed by atoms with Crippen molar-refractivity contribution in [3.05, 3.63) is 41.8 Å². The van der Waals surface area contributed by atoms with E-state index in [9.17, 15) is 4.79 Å². The fraction of sp³-hybridized carbons (Fsp3) is 0.286. The molecule has 1 aromatic carbocycles. The Balaban J connectivity index is 2.57. The quantitative estimate of drug-likeness (QED) is 0.376. The van der Waals surface area contributed by atoms with Crippen molar-refractivity contribution in [1.29, 1.82) is 0 Å². The van der Waals surface area contributed by atoms with Crippen LogP contribution in [-0.2, 0) is 16.1 Å². The highest BCUT2D eigenvalue weighted by Gasteiger charge is 2.07. The molecule has 0 aromatic heterocycles. The monoisotopic (exact) mass is 294 g/mol. The molecule has 0 aliphatic heterocycles. The van der Waals surface area contributed by atoms with Gasteiger partial charge in [0.15, 0.2) is 5.88 Å². The molecule has 5 nitrogen and oxygen atoms in total. The summed E-state index contributed by atoms with van der Waals surface area (Å²) in [6.07, 6.45) is 3.02. The number of hydrogen-bond acceptors (Lipinski definition) is 6. The van der Waals surface area contributed by atoms with Crippen LogP contribution in [0.2, 0.25) is 0 Å². The molecule has 0 saturated heterocycles. The summed E-state index contributed by atoms with van der Waals surface area (Å²) in [4.78, 5) is 15.6. The third-order valence-electron chi connectivity index (χ3n) is 2.45. The van der Waals surface area contributed by atoms with Crippen LogP contribution in [0.5, 0.6) is 5.75 Å². The van der Waals surface area contributed by atoms with Crippen LogP contribution in [0, 0.1) is 0 Å². The van der Waals surface area contributed by atoms with E-state index in [0.717, 1.165) is 11.3 Å². The maximum absolute atomic E-state index is 11.7. The molecule has 6 heteroatoms. The largest absolute Gasteiger partial charge is 0.497 e. The van der Waals surface area contributed by atoms with Crippen LogP contribution < -0.4 is 10.5 Å². The van der Waals surface area contributed by atoms with Crippen molar-refractivity contribution in [1.82, 2.24) is 0 Å². The first-order valence-corrected chi connectivity index (χ1v) is 7.11. The van der Waals surface area contributed by atoms with E-state index in [1.54, 1.807) is 20.4 Å². The molecule has 0 saturated carbocycles. The molecule has 0 atom stereocenters. The van der Waals surface area contributed by atoms with Crippen molar-refractivity contribution in [2.24, 2.45) is 10.7 Å². The molecule has 0 radical (unpaired) electrons. The van der Waals surface area contributed by atoms with E-state index >= 15 is 0 Å². The predicted molar refractivity (Wildman–Crippen MR) is 81.9 cm³/mol. The topological polar surface area (TPSA) is 73.9 Å². The lowest BCUT2D eigenvalue weighted by Gasteiger charge is -2.07. The van der Waals surface area contributed by atoms with Gasteiger partial charge in [0.25, 0.3) is 0 Å². The summed E-state index contributed by atoms with van der Waals surface area (Å²) in [7, 11) is 3.17. The first-order chi connectivity index (χ1) is 9.60. The van der Waals surface area contributed by atoms with Crippen LogP contribution in [0.15, 0.2) is 41.2 Å². The normalized spacial score (nSPS) is 12.2. The molecule has 0 bridgehead atoms. The van der Waals surface area contributed by atoms with E-state index in [2.05, 4.69) is 4.99 Å². The lowest BCUT2D eigenvalue weighted by atomic mass is 10.2. The zero-order valence-electron chi connectivity index (χ0n) is 11.8. The van der Waals surface area contributed by atoms with Gasteiger partial charge in [-0.1, -0.05) is 12.1 Å². The van der Waals surface area contributed by atoms with Crippen molar-refractivity contribution < 1.29 is 14.3 Å². The number of benzene rings is 1. The van der Waals surface area contributed by atoms with E-state index in [4.69, 9.17) is 15.2 Å². The average Bonchev–Trinajstić information content (AvgIpc) is 2.47. The number of thioether (sulfide) groups is 1. The maximum Gasteiger partial charge on any atom is 0.215 e. The van der Waals surface area contributed by atoms with E-state index in [1.165, 1.54) is 17.8 Å². The van der Waals surface area contributed by atoms with Crippen molar-refractivity contribution in [3.8, 4) is 5.75 Å². The number of hydrogen-bond donors (Lipinski definition) is 1. The van der Waals surface area contributed by atoms with Gasteiger partial charge < -0.3 is 15.2 Å². The fourth-order valence-corrected chi connectivity index (χ4v) is 1.87. The van der Waals surface area contributed by atoms with Gasteiger partial charge in [0.05, 0.1) is 7.11 Å². The molecule has 0 amide bonds. The highest BCUT2D eigenvalue weighted by molar-refractivity contribution is 8.15. The predicted octanol–water partition coefficient (Wildman–Crippen LogP) is 1.97. The SMILES string of the molecule is CN=C(SC)C(=O)/C=C(\N)OCc1ccc(OC)cc1. The van der Waals surface area contributed by atoms with Gasteiger partial charge in [-0.2, -0.15) is 0 Å². The summed E-state index contributed by atoms with van der Waals surface area (Å²) in [5, 5.41) is 0.390. The molecule has 0 aliphatic rings. The first kappa shape index (κ1) is 16.1. The van der Waals surface area contributed by atoms with E-state index in [-0.39, 0.29) is 18.3 Å². The van der Waals surface area contributed by atoms with Gasteiger partial charge in [-0.15, -0.1) is 11.8 Å². The third-order valence-corrected chi connectivity index (χ3v) is 3.22. The van der Waals surface area contributed by atoms with Gasteiger partial charge in [0, 0.05) is 13.1 Å². The molecule has 0 fully saturated rings. The second-order valence-electron chi connectivity index (χ2n) is 3.78. The Morgan fingerprint density at radius 3 is 2.55 bits per heavy atom. The number of nitrogens with zero attached hydrogens (tertiary/aromatic N) is 1. The summed E-state index contributed by atoms with van der Waals surface area (Å²) < 4.78 is 10.4. The molecular formula is C14H18N2O3S. The number of carbonyl (C=O) groups excluding carboxylic acids is 1. The Bertz CT molecular complexity index is 510. The van der Waals surface area contributed by atoms with Crippen molar-refractivity contribution in [3.63, 3.8) is 0 Å². The number of nitrogens with two attached hydrogens (primary N) is 1. The van der Waals surface area contributed by atoms with Crippen LogP contribution >= 0.6 is 11.8 Å². The van der Waals surface area contributed by atoms with Crippen molar-refractivity contribution in [2.75, 3.05) is 20.4 Å². The number of rotatable bonds is 6. The Morgan fingerprint density at radius 2 is 2.05 bits per heavy atom. The molecule has 0 unspecified atom stereocenters. The molecule has 0 spiro atoms. The van der Waals surface area contributed by atoms with Gasteiger partial charge in [-0.25, -0.2) is 0 Å². The molecule has 20 heavy (non-hydrogen) atoms. The van der Waals surface area contributed by atoms with Crippen molar-refractivity contribution in [2.45, 2.75) is 6.61 Å². The Morgan fingerprint density at radius 1 is 1.40 bits per heavy atom. The van der Waals surface area contributed by atoms with Gasteiger partial charge in [-0.3, -0.25) is 9.79 Å². The van der Waals surface area contributed by atoms with Gasteiger partial charge in [-0.05, 0) is 24.0 Å². The molecule has 108 valence electrons. The molecule has 1 aromatic rings. The minimum absolute atomic E-state index is 0.0704. The Kier molecular flexibility index (Phi) is 6.66. The number of aliphatic imine (C=N–C) groups is 1. The van der Waals surface area contributed by atoms with Gasteiger partial charge >= 0.3 is 0 Å². The second-order valence-corrected chi connectivity index (χ2v) is 4.58. The van der Waals surface area contributed by atoms with Crippen LogP contribution in [0.1, 0.15) is 5.56 Å². The highest BCUT2D eigenvalue weighted by Crippen LogP contribution is 2.12. The number of ketones is 1. The van der Waals surface area contributed by atoms with E-state index < -0.39 is 0 Å². The lowest BCUT2D eigenvalue weighted by Crippen LogP contribution is -2.12. The standard InChI is InChI=1S/C14H18N2O3S/c1-16-14(20-3)12(17)8-13(15)19-9-10-4-6-11(18-2)7-5-10/h4-8H,9,15H2,1-3H3/b13-8+,16-14?. The number of allylic oxidation sites excluding steroid dienone is 1. The third kappa shape index (κ3) is 4.97. The number of ether oxygens (including phenoxy) is 2. The zero-order chi connectivity index (χ0) is 15.0. The molecule has 0 heterocycles. The second kappa shape index (κ2) is 8.27. The van der Waals surface area contributed by atoms with Gasteiger partial charge in [0.2, 0.25) is 5.78 Å². The Labute approximate surface area is 122 Å². The molecule has 1 rings (SSSR count). The van der Waals surface area contributed by atoms with Crippen molar-refractivity contribution >= 4 is 22.6 Å². The summed E-state index contributed by atoms with van der Waals surface area (Å²) in [5.41, 5.74) is 6.59. The smallest absolute Gasteiger partial charge is 0.215 e. The molecule has 0 aliphatic carbocycles. The highest BCUT2D eigenvalue weighted by atomic mass is 32.2. The molecular weight excluding hydrogens is 276 g/mol. The zero-order valence-corrected chi connectivity index (χ0v) is 12.6. The maximum atomic E-state index is 11.7. The van der Waals surface area contributed by atoms with Crippen LogP contribution in [0.25, 0.3) is 0 Å². The minimum Gasteiger partial charge on any atom is -0.497 e. The van der Waals surface area contributed by atoms with E-state index in [0.29, 0.717) is 5.04 Å². The van der Waals surface area contributed by atoms with Gasteiger partial charge in [0.1, 0.15) is 17.4 Å². The summed E-state index contributed by atoms with van der Waals surface area (Å²) in [6, 6.07) is 7.40. The average molecular weight is 294 g/mol. The Hall–Kier alpha value is -1.95. The first-order valence-electron chi connectivity index (χ1n) is 5.88. The minimum atomic E-state index is -0.257. The molecule has 2 N–H and O–H groups in total. The van der Waals surface area contributed by atoms with Crippen LogP contribution in [-0.4, -0.2) is 31.2 Å². The lowest BCUT2D eigenvalue weighted by molar-refractivity contribution is -0.108. The number of methoxy groups -OCH3 is 1. The summed E-state index contributed by atoms with van der Waals surface area (Å²) in [6.45, 7) is 0.289. The van der Waals surface area contributed by atoms with E-state index in [1.807, 2.05) is 24.3 Å². The fourth-order valence-electron chi connectivity index (χ4n) is 1.42. The van der Waals surface area contributed by atoms with Crippen LogP contribution in [0.4, 0.5) is 0 Å². The van der Waals surface area contributed by atoms with Crippen LogP contribution in [0.3, 0.4) is 0 Å². The number of carbonyl (C=O) groups is 1. The summed E-state index contributed by atoms with van der Waals surface area (Å²) in [5.74, 6) is 0.587. The summed E-state index contributed by atoms with van der Waals surface area (Å²) >= 11 is 1.27.